The first-order valence-electron chi connectivity index (χ1n) is 8.55. The predicted octanol–water partition coefficient (Wildman–Crippen LogP) is 1.32. The first kappa shape index (κ1) is 19.7. The normalized spacial score (nSPS) is 11.5. The van der Waals surface area contributed by atoms with Crippen molar-refractivity contribution in [2.75, 3.05) is 27.4 Å². The third-order valence-corrected chi connectivity index (χ3v) is 4.03. The Labute approximate surface area is 154 Å². The van der Waals surface area contributed by atoms with E-state index in [1.54, 1.807) is 14.2 Å². The van der Waals surface area contributed by atoms with E-state index in [2.05, 4.69) is 38.0 Å². The summed E-state index contributed by atoms with van der Waals surface area (Å²) in [4.78, 5) is 4.25. The molecule has 2 rings (SSSR count). The number of ether oxygens (including phenoxy) is 2. The number of aromatic nitrogens is 3. The molecule has 2 N–H and O–H groups in total. The molecule has 2 aromatic rings. The highest BCUT2D eigenvalue weighted by Gasteiger charge is 2.08. The van der Waals surface area contributed by atoms with Crippen LogP contribution in [0.5, 0.6) is 5.75 Å². The van der Waals surface area contributed by atoms with Gasteiger partial charge in [-0.05, 0) is 25.5 Å². The quantitative estimate of drug-likeness (QED) is 0.420. The topological polar surface area (TPSA) is 85.6 Å². The number of nitrogens with zero attached hydrogens (tertiary/aromatic N) is 4. The minimum absolute atomic E-state index is 0.519. The fourth-order valence-electron chi connectivity index (χ4n) is 2.34. The molecule has 8 nitrogen and oxygen atoms in total. The molecule has 0 saturated heterocycles. The van der Waals surface area contributed by atoms with Crippen molar-refractivity contribution in [3.8, 4) is 5.75 Å². The molecule has 0 unspecified atom stereocenters. The van der Waals surface area contributed by atoms with Crippen LogP contribution in [0.4, 0.5) is 0 Å². The molecule has 0 aliphatic heterocycles. The first-order valence-corrected chi connectivity index (χ1v) is 8.55. The number of rotatable bonds is 8. The van der Waals surface area contributed by atoms with Crippen LogP contribution in [-0.4, -0.2) is 48.1 Å². The average molecular weight is 360 g/mol. The van der Waals surface area contributed by atoms with Crippen LogP contribution in [0.2, 0.25) is 0 Å². The highest BCUT2D eigenvalue weighted by molar-refractivity contribution is 5.79. The molecule has 0 bridgehead atoms. The van der Waals surface area contributed by atoms with Gasteiger partial charge in [-0.3, -0.25) is 4.99 Å². The van der Waals surface area contributed by atoms with Crippen molar-refractivity contribution in [3.05, 3.63) is 41.0 Å². The van der Waals surface area contributed by atoms with Gasteiger partial charge in [-0.1, -0.05) is 12.1 Å². The second-order valence-corrected chi connectivity index (χ2v) is 5.95. The Hall–Kier alpha value is -2.61. The van der Waals surface area contributed by atoms with Gasteiger partial charge in [-0.2, -0.15) is 0 Å². The van der Waals surface area contributed by atoms with Crippen molar-refractivity contribution >= 4 is 5.96 Å². The SMILES string of the molecule is CN=C(NCc1ccc(C)cc1OCCOC)NCc1nnc(C)n1C. The Bertz CT molecular complexity index is 741. The highest BCUT2D eigenvalue weighted by Crippen LogP contribution is 2.20. The third kappa shape index (κ3) is 5.45. The summed E-state index contributed by atoms with van der Waals surface area (Å²) in [6.45, 7) is 6.19. The predicted molar refractivity (Wildman–Crippen MR) is 101 cm³/mol. The molecule has 0 spiro atoms. The van der Waals surface area contributed by atoms with Crippen molar-refractivity contribution in [3.63, 3.8) is 0 Å². The Morgan fingerprint density at radius 1 is 1.15 bits per heavy atom. The lowest BCUT2D eigenvalue weighted by Crippen LogP contribution is -2.37. The second kappa shape index (κ2) is 9.76. The van der Waals surface area contributed by atoms with E-state index in [1.807, 2.05) is 31.5 Å². The molecule has 0 aliphatic carbocycles. The van der Waals surface area contributed by atoms with Crippen molar-refractivity contribution < 1.29 is 9.47 Å². The van der Waals surface area contributed by atoms with Crippen LogP contribution in [-0.2, 0) is 24.9 Å². The van der Waals surface area contributed by atoms with Crippen LogP contribution < -0.4 is 15.4 Å². The van der Waals surface area contributed by atoms with E-state index in [-0.39, 0.29) is 0 Å². The number of guanidine groups is 1. The fourth-order valence-corrected chi connectivity index (χ4v) is 2.34. The zero-order chi connectivity index (χ0) is 18.9. The number of hydrogen-bond acceptors (Lipinski definition) is 5. The smallest absolute Gasteiger partial charge is 0.191 e. The summed E-state index contributed by atoms with van der Waals surface area (Å²) in [7, 11) is 5.34. The van der Waals surface area contributed by atoms with Gasteiger partial charge in [0.2, 0.25) is 0 Å². The summed E-state index contributed by atoms with van der Waals surface area (Å²) in [5.74, 6) is 3.27. The maximum absolute atomic E-state index is 5.83. The Kier molecular flexibility index (Phi) is 7.40. The van der Waals surface area contributed by atoms with Crippen LogP contribution in [0.25, 0.3) is 0 Å². The number of aryl methyl sites for hydroxylation is 2. The highest BCUT2D eigenvalue weighted by atomic mass is 16.5. The average Bonchev–Trinajstić information content (AvgIpc) is 2.95. The lowest BCUT2D eigenvalue weighted by Gasteiger charge is -2.15. The molecule has 8 heteroatoms. The molecule has 0 amide bonds. The molecule has 0 fully saturated rings. The van der Waals surface area contributed by atoms with Crippen LogP contribution >= 0.6 is 0 Å². The minimum Gasteiger partial charge on any atom is -0.491 e. The summed E-state index contributed by atoms with van der Waals surface area (Å²) < 4.78 is 12.8. The van der Waals surface area contributed by atoms with Crippen LogP contribution in [0.15, 0.2) is 23.2 Å². The van der Waals surface area contributed by atoms with Crippen LogP contribution in [0.1, 0.15) is 22.8 Å². The van der Waals surface area contributed by atoms with Gasteiger partial charge in [0.05, 0.1) is 13.2 Å². The molecule has 0 saturated carbocycles. The molecule has 0 radical (unpaired) electrons. The Morgan fingerprint density at radius 3 is 2.58 bits per heavy atom. The second-order valence-electron chi connectivity index (χ2n) is 5.95. The van der Waals surface area contributed by atoms with E-state index in [4.69, 9.17) is 9.47 Å². The van der Waals surface area contributed by atoms with E-state index in [1.165, 1.54) is 0 Å². The molecule has 1 aromatic carbocycles. The lowest BCUT2D eigenvalue weighted by atomic mass is 10.1. The summed E-state index contributed by atoms with van der Waals surface area (Å²) in [6.07, 6.45) is 0. The van der Waals surface area contributed by atoms with Gasteiger partial charge in [0.1, 0.15) is 18.2 Å². The van der Waals surface area contributed by atoms with E-state index < -0.39 is 0 Å². The molecule has 1 aromatic heterocycles. The van der Waals surface area contributed by atoms with Gasteiger partial charge in [0, 0.05) is 33.3 Å². The van der Waals surface area contributed by atoms with Gasteiger partial charge < -0.3 is 24.7 Å². The summed E-state index contributed by atoms with van der Waals surface area (Å²) in [6, 6.07) is 6.16. The van der Waals surface area contributed by atoms with Gasteiger partial charge in [0.25, 0.3) is 0 Å². The third-order valence-electron chi connectivity index (χ3n) is 4.03. The van der Waals surface area contributed by atoms with Crippen molar-refractivity contribution in [1.82, 2.24) is 25.4 Å². The number of nitrogens with one attached hydrogen (secondary N) is 2. The van der Waals surface area contributed by atoms with Gasteiger partial charge in [0.15, 0.2) is 11.8 Å². The summed E-state index contributed by atoms with van der Waals surface area (Å²) in [5.41, 5.74) is 2.21. The maximum atomic E-state index is 5.83. The monoisotopic (exact) mass is 360 g/mol. The fraction of sp³-hybridized carbons (Fsp3) is 0.500. The standard InChI is InChI=1S/C18H28N6O2/c1-13-6-7-15(16(10-13)26-9-8-25-5)11-20-18(19-3)21-12-17-23-22-14(2)24(17)4/h6-7,10H,8-9,11-12H2,1-5H3,(H2,19,20,21). The molecule has 26 heavy (non-hydrogen) atoms. The molecule has 142 valence electrons. The molecule has 0 atom stereocenters. The maximum Gasteiger partial charge on any atom is 0.191 e. The summed E-state index contributed by atoms with van der Waals surface area (Å²) >= 11 is 0. The largest absolute Gasteiger partial charge is 0.491 e. The van der Waals surface area contributed by atoms with Crippen molar-refractivity contribution in [2.24, 2.45) is 12.0 Å². The van der Waals surface area contributed by atoms with Gasteiger partial charge in [-0.15, -0.1) is 10.2 Å². The molecular weight excluding hydrogens is 332 g/mol. The molecule has 0 aliphatic rings. The van der Waals surface area contributed by atoms with E-state index >= 15 is 0 Å². The van der Waals surface area contributed by atoms with E-state index in [9.17, 15) is 0 Å². The van der Waals surface area contributed by atoms with Crippen molar-refractivity contribution in [2.45, 2.75) is 26.9 Å². The van der Waals surface area contributed by atoms with E-state index in [0.29, 0.717) is 32.3 Å². The zero-order valence-electron chi connectivity index (χ0n) is 16.2. The van der Waals surface area contributed by atoms with Crippen LogP contribution in [0, 0.1) is 13.8 Å². The number of benzene rings is 1. The molecule has 1 heterocycles. The molecular formula is C18H28N6O2. The van der Waals surface area contributed by atoms with Gasteiger partial charge in [-0.25, -0.2) is 0 Å². The lowest BCUT2D eigenvalue weighted by molar-refractivity contribution is 0.145. The first-order chi connectivity index (χ1) is 12.5. The van der Waals surface area contributed by atoms with E-state index in [0.717, 1.165) is 28.5 Å². The number of aliphatic imine (C=N–C) groups is 1. The summed E-state index contributed by atoms with van der Waals surface area (Å²) in [5, 5.41) is 14.7. The Balaban J connectivity index is 1.94. The van der Waals surface area contributed by atoms with Crippen molar-refractivity contribution in [1.29, 1.82) is 0 Å². The minimum atomic E-state index is 0.519. The number of methoxy groups -OCH3 is 1. The zero-order valence-corrected chi connectivity index (χ0v) is 16.2. The van der Waals surface area contributed by atoms with Gasteiger partial charge >= 0.3 is 0 Å². The Morgan fingerprint density at radius 2 is 1.92 bits per heavy atom. The van der Waals surface area contributed by atoms with Crippen LogP contribution in [0.3, 0.4) is 0 Å². The number of hydrogen-bond donors (Lipinski definition) is 2.